The average Bonchev–Trinajstić information content (AvgIpc) is 2.86. The molecule has 0 radical (unpaired) electrons. The van der Waals surface area contributed by atoms with Gasteiger partial charge < -0.3 is 10.1 Å². The first-order valence-electron chi connectivity index (χ1n) is 7.69. The smallest absolute Gasteiger partial charge is 0.0713 e. The Hall–Kier alpha value is -0.520. The summed E-state index contributed by atoms with van der Waals surface area (Å²) in [6.07, 6.45) is 7.74. The third-order valence-electron chi connectivity index (χ3n) is 4.63. The number of nitrogens with zero attached hydrogens (tertiary/aromatic N) is 2. The molecule has 0 bridgehead atoms. The Morgan fingerprint density at radius 2 is 2.35 bits per heavy atom. The molecule has 0 amide bonds. The molecular formula is C15H25N3OS. The van der Waals surface area contributed by atoms with Crippen molar-refractivity contribution in [1.82, 2.24) is 15.1 Å². The molecule has 2 aliphatic rings. The van der Waals surface area contributed by atoms with Crippen LogP contribution in [0.4, 0.5) is 0 Å². The molecule has 4 nitrogen and oxygen atoms in total. The van der Waals surface area contributed by atoms with Gasteiger partial charge in [0, 0.05) is 44.6 Å². The van der Waals surface area contributed by atoms with Gasteiger partial charge in [-0.3, -0.25) is 4.68 Å². The number of ether oxygens (including phenoxy) is 1. The molecule has 1 aromatic heterocycles. The first-order valence-corrected chi connectivity index (χ1v) is 8.85. The summed E-state index contributed by atoms with van der Waals surface area (Å²) >= 11 is 2.07. The van der Waals surface area contributed by atoms with E-state index in [1.807, 2.05) is 17.9 Å². The van der Waals surface area contributed by atoms with Crippen molar-refractivity contribution in [2.75, 3.05) is 24.7 Å². The molecule has 0 saturated carbocycles. The molecule has 1 spiro atoms. The summed E-state index contributed by atoms with van der Waals surface area (Å²) in [5.74, 6) is 2.53. The van der Waals surface area contributed by atoms with E-state index >= 15 is 0 Å². The fourth-order valence-electron chi connectivity index (χ4n) is 3.34. The molecule has 2 saturated heterocycles. The second-order valence-electron chi connectivity index (χ2n) is 5.98. The standard InChI is InChI=1S/C15H25N3OS/c1-18-14(3-8-17-18)2-7-16-13-4-9-19-15(12-13)5-10-20-11-6-15/h3,8,13,16H,2,4-7,9-12H2,1H3. The number of thioether (sulfide) groups is 1. The van der Waals surface area contributed by atoms with Gasteiger partial charge >= 0.3 is 0 Å². The molecule has 2 fully saturated rings. The zero-order valence-electron chi connectivity index (χ0n) is 12.3. The van der Waals surface area contributed by atoms with Crippen molar-refractivity contribution in [3.05, 3.63) is 18.0 Å². The zero-order valence-corrected chi connectivity index (χ0v) is 13.1. The molecule has 3 rings (SSSR count). The number of hydrogen-bond acceptors (Lipinski definition) is 4. The van der Waals surface area contributed by atoms with Gasteiger partial charge in [0.15, 0.2) is 0 Å². The van der Waals surface area contributed by atoms with Crippen molar-refractivity contribution in [1.29, 1.82) is 0 Å². The normalized spacial score (nSPS) is 25.9. The topological polar surface area (TPSA) is 39.1 Å². The Kier molecular flexibility index (Phi) is 4.68. The van der Waals surface area contributed by atoms with Gasteiger partial charge in [0.25, 0.3) is 0 Å². The van der Waals surface area contributed by atoms with Crippen molar-refractivity contribution in [2.24, 2.45) is 7.05 Å². The van der Waals surface area contributed by atoms with E-state index in [-0.39, 0.29) is 5.60 Å². The SMILES string of the molecule is Cn1nccc1CCNC1CCOC2(CCSCC2)C1. The number of aromatic nitrogens is 2. The van der Waals surface area contributed by atoms with Crippen LogP contribution in [0.15, 0.2) is 12.3 Å². The van der Waals surface area contributed by atoms with Crippen LogP contribution < -0.4 is 5.32 Å². The average molecular weight is 295 g/mol. The highest BCUT2D eigenvalue weighted by Gasteiger charge is 2.38. The van der Waals surface area contributed by atoms with Gasteiger partial charge in [0.1, 0.15) is 0 Å². The van der Waals surface area contributed by atoms with Gasteiger partial charge in [-0.25, -0.2) is 0 Å². The molecule has 20 heavy (non-hydrogen) atoms. The molecule has 112 valence electrons. The molecule has 1 unspecified atom stereocenters. The van der Waals surface area contributed by atoms with Crippen LogP contribution in [0.3, 0.4) is 0 Å². The van der Waals surface area contributed by atoms with Crippen LogP contribution in [-0.2, 0) is 18.2 Å². The van der Waals surface area contributed by atoms with Crippen LogP contribution in [0.25, 0.3) is 0 Å². The third-order valence-corrected chi connectivity index (χ3v) is 5.62. The first kappa shape index (κ1) is 14.4. The monoisotopic (exact) mass is 295 g/mol. The Bertz CT molecular complexity index is 423. The Labute approximate surface area is 125 Å². The van der Waals surface area contributed by atoms with E-state index in [0.717, 1.165) is 26.0 Å². The van der Waals surface area contributed by atoms with E-state index in [1.54, 1.807) is 0 Å². The summed E-state index contributed by atoms with van der Waals surface area (Å²) in [6.45, 7) is 1.96. The largest absolute Gasteiger partial charge is 0.375 e. The molecule has 1 N–H and O–H groups in total. The summed E-state index contributed by atoms with van der Waals surface area (Å²) in [7, 11) is 2.01. The van der Waals surface area contributed by atoms with Crippen LogP contribution in [0.1, 0.15) is 31.4 Å². The van der Waals surface area contributed by atoms with Crippen LogP contribution in [0.5, 0.6) is 0 Å². The highest BCUT2D eigenvalue weighted by molar-refractivity contribution is 7.99. The zero-order chi connectivity index (χ0) is 13.8. The maximum Gasteiger partial charge on any atom is 0.0713 e. The molecule has 5 heteroatoms. The van der Waals surface area contributed by atoms with Gasteiger partial charge in [-0.1, -0.05) is 0 Å². The summed E-state index contributed by atoms with van der Waals surface area (Å²) in [4.78, 5) is 0. The maximum absolute atomic E-state index is 6.14. The first-order chi connectivity index (χ1) is 9.77. The van der Waals surface area contributed by atoms with E-state index in [2.05, 4.69) is 28.2 Å². The Morgan fingerprint density at radius 1 is 1.50 bits per heavy atom. The highest BCUT2D eigenvalue weighted by atomic mass is 32.2. The second-order valence-corrected chi connectivity index (χ2v) is 7.21. The summed E-state index contributed by atoms with van der Waals surface area (Å²) in [6, 6.07) is 2.73. The maximum atomic E-state index is 6.14. The Balaban J connectivity index is 1.47. The Morgan fingerprint density at radius 3 is 3.10 bits per heavy atom. The number of aryl methyl sites for hydroxylation is 1. The number of hydrogen-bond donors (Lipinski definition) is 1. The fraction of sp³-hybridized carbons (Fsp3) is 0.800. The summed E-state index contributed by atoms with van der Waals surface area (Å²) < 4.78 is 8.10. The fourth-order valence-corrected chi connectivity index (χ4v) is 4.58. The third kappa shape index (κ3) is 3.38. The molecule has 3 heterocycles. The minimum atomic E-state index is 0.188. The van der Waals surface area contributed by atoms with Gasteiger partial charge in [0.2, 0.25) is 0 Å². The van der Waals surface area contributed by atoms with Crippen LogP contribution >= 0.6 is 11.8 Å². The van der Waals surface area contributed by atoms with E-state index in [0.29, 0.717) is 6.04 Å². The highest BCUT2D eigenvalue weighted by Crippen LogP contribution is 2.37. The van der Waals surface area contributed by atoms with Gasteiger partial charge in [-0.2, -0.15) is 16.9 Å². The molecule has 0 aliphatic carbocycles. The predicted octanol–water partition coefficient (Wildman–Crippen LogP) is 2.00. The van der Waals surface area contributed by atoms with Crippen molar-refractivity contribution >= 4 is 11.8 Å². The quantitative estimate of drug-likeness (QED) is 0.922. The van der Waals surface area contributed by atoms with Crippen molar-refractivity contribution < 1.29 is 4.74 Å². The summed E-state index contributed by atoms with van der Waals surface area (Å²) in [5, 5.41) is 7.95. The number of nitrogens with one attached hydrogen (secondary N) is 1. The van der Waals surface area contributed by atoms with E-state index in [9.17, 15) is 0 Å². The lowest BCUT2D eigenvalue weighted by atomic mass is 9.85. The van der Waals surface area contributed by atoms with Crippen molar-refractivity contribution in [3.8, 4) is 0 Å². The molecule has 0 aromatic carbocycles. The summed E-state index contributed by atoms with van der Waals surface area (Å²) in [5.41, 5.74) is 1.49. The van der Waals surface area contributed by atoms with Gasteiger partial charge in [-0.05, 0) is 43.3 Å². The lowest BCUT2D eigenvalue weighted by Gasteiger charge is -2.43. The van der Waals surface area contributed by atoms with E-state index in [4.69, 9.17) is 4.74 Å². The minimum Gasteiger partial charge on any atom is -0.375 e. The van der Waals surface area contributed by atoms with Crippen LogP contribution in [0, 0.1) is 0 Å². The van der Waals surface area contributed by atoms with E-state index in [1.165, 1.54) is 36.5 Å². The minimum absolute atomic E-state index is 0.188. The van der Waals surface area contributed by atoms with Crippen molar-refractivity contribution in [2.45, 2.75) is 43.7 Å². The number of rotatable bonds is 4. The predicted molar refractivity (Wildman–Crippen MR) is 83.2 cm³/mol. The van der Waals surface area contributed by atoms with E-state index < -0.39 is 0 Å². The lowest BCUT2D eigenvalue weighted by molar-refractivity contribution is -0.0930. The molecule has 1 atom stereocenters. The van der Waals surface area contributed by atoms with Crippen LogP contribution in [0.2, 0.25) is 0 Å². The van der Waals surface area contributed by atoms with Crippen molar-refractivity contribution in [3.63, 3.8) is 0 Å². The van der Waals surface area contributed by atoms with Gasteiger partial charge in [-0.15, -0.1) is 0 Å². The lowest BCUT2D eigenvalue weighted by Crippen LogP contribution is -2.49. The molecule has 1 aromatic rings. The van der Waals surface area contributed by atoms with Crippen LogP contribution in [-0.4, -0.2) is 46.1 Å². The second kappa shape index (κ2) is 6.50. The molecular weight excluding hydrogens is 270 g/mol. The van der Waals surface area contributed by atoms with Gasteiger partial charge in [0.05, 0.1) is 5.60 Å². The molecule has 2 aliphatic heterocycles.